The molecule has 4 nitrogen and oxygen atoms in total. The van der Waals surface area contributed by atoms with E-state index in [2.05, 4.69) is 68.8 Å². The summed E-state index contributed by atoms with van der Waals surface area (Å²) in [5, 5.41) is 0. The molecule has 1 fully saturated rings. The van der Waals surface area contributed by atoms with Crippen molar-refractivity contribution in [3.05, 3.63) is 60.6 Å². The average molecular weight is 403 g/mol. The Morgan fingerprint density at radius 1 is 0.833 bits per heavy atom. The summed E-state index contributed by atoms with van der Waals surface area (Å²) < 4.78 is 10.6. The highest BCUT2D eigenvalue weighted by atomic mass is 16.5. The van der Waals surface area contributed by atoms with Crippen molar-refractivity contribution in [1.29, 1.82) is 0 Å². The van der Waals surface area contributed by atoms with Crippen molar-refractivity contribution in [2.45, 2.75) is 52.0 Å². The van der Waals surface area contributed by atoms with Gasteiger partial charge in [-0.1, -0.05) is 0 Å². The summed E-state index contributed by atoms with van der Waals surface area (Å²) in [5.41, 5.74) is 5.21. The lowest BCUT2D eigenvalue weighted by Crippen LogP contribution is -2.38. The molecule has 4 heteroatoms. The molecule has 0 spiro atoms. The lowest BCUT2D eigenvalue weighted by molar-refractivity contribution is -0.692. The van der Waals surface area contributed by atoms with Gasteiger partial charge >= 0.3 is 0 Å². The third-order valence-corrected chi connectivity index (χ3v) is 6.47. The van der Waals surface area contributed by atoms with E-state index in [1.54, 1.807) is 0 Å². The third-order valence-electron chi connectivity index (χ3n) is 6.47. The normalized spacial score (nSPS) is 16.4. The molecule has 3 aromatic rings. The van der Waals surface area contributed by atoms with Gasteiger partial charge in [-0.25, -0.2) is 4.57 Å². The van der Waals surface area contributed by atoms with Gasteiger partial charge in [-0.05, 0) is 87.6 Å². The van der Waals surface area contributed by atoms with Crippen LogP contribution in [0.1, 0.15) is 44.9 Å². The quantitative estimate of drug-likeness (QED) is 0.550. The predicted octanol–water partition coefficient (Wildman–Crippen LogP) is 5.16. The topological polar surface area (TPSA) is 21.3 Å². The van der Waals surface area contributed by atoms with Crippen molar-refractivity contribution in [1.82, 2.24) is 4.57 Å². The van der Waals surface area contributed by atoms with Crippen LogP contribution in [0.3, 0.4) is 0 Å². The zero-order chi connectivity index (χ0) is 20.3. The standard InChI is InChI=1S/C26H32N3O/c1-2-30-24-15-13-23(14-16-24)29-20-25(28-19-5-3-4-8-26(28)29)21-9-11-22(12-10-21)27-17-6-7-18-27/h9-16,20H,2-8,17-19H2,1H3/q+1. The smallest absolute Gasteiger partial charge is 0.262 e. The molecule has 2 aliphatic heterocycles. The number of hydrogen-bond donors (Lipinski definition) is 0. The van der Waals surface area contributed by atoms with Crippen LogP contribution in [-0.4, -0.2) is 24.3 Å². The molecule has 0 amide bonds. The van der Waals surface area contributed by atoms with Crippen LogP contribution in [0, 0.1) is 0 Å². The van der Waals surface area contributed by atoms with Crippen molar-refractivity contribution < 1.29 is 9.30 Å². The Kier molecular flexibility index (Phi) is 5.48. The molecule has 1 saturated heterocycles. The zero-order valence-corrected chi connectivity index (χ0v) is 18.0. The van der Waals surface area contributed by atoms with Crippen molar-refractivity contribution in [2.24, 2.45) is 0 Å². The molecule has 0 N–H and O–H groups in total. The van der Waals surface area contributed by atoms with Gasteiger partial charge in [-0.2, -0.15) is 4.57 Å². The number of aromatic nitrogens is 2. The molecule has 0 saturated carbocycles. The molecule has 2 aromatic carbocycles. The molecular formula is C26H32N3O+. The summed E-state index contributed by atoms with van der Waals surface area (Å²) in [7, 11) is 0. The number of nitrogens with zero attached hydrogens (tertiary/aromatic N) is 3. The minimum atomic E-state index is 0.700. The second-order valence-electron chi connectivity index (χ2n) is 8.43. The molecule has 1 aromatic heterocycles. The van der Waals surface area contributed by atoms with Gasteiger partial charge in [0.15, 0.2) is 5.69 Å². The largest absolute Gasteiger partial charge is 0.494 e. The van der Waals surface area contributed by atoms with Gasteiger partial charge in [-0.15, -0.1) is 0 Å². The van der Waals surface area contributed by atoms with Gasteiger partial charge < -0.3 is 9.64 Å². The number of imidazole rings is 1. The van der Waals surface area contributed by atoms with E-state index in [0.717, 1.165) is 18.7 Å². The van der Waals surface area contributed by atoms with Crippen LogP contribution < -0.4 is 14.2 Å². The average Bonchev–Trinajstić information content (AvgIpc) is 3.38. The van der Waals surface area contributed by atoms with E-state index in [9.17, 15) is 0 Å². The van der Waals surface area contributed by atoms with Crippen molar-refractivity contribution in [3.8, 4) is 22.7 Å². The maximum absolute atomic E-state index is 5.64. The van der Waals surface area contributed by atoms with Gasteiger partial charge in [0, 0.05) is 30.8 Å². The maximum Gasteiger partial charge on any atom is 0.262 e. The van der Waals surface area contributed by atoms with E-state index >= 15 is 0 Å². The second-order valence-corrected chi connectivity index (χ2v) is 8.43. The Morgan fingerprint density at radius 3 is 2.30 bits per heavy atom. The van der Waals surface area contributed by atoms with Crippen LogP contribution in [0.4, 0.5) is 5.69 Å². The van der Waals surface area contributed by atoms with Gasteiger partial charge in [0.1, 0.15) is 17.6 Å². The Labute approximate surface area is 179 Å². The first-order valence-corrected chi connectivity index (χ1v) is 11.6. The monoisotopic (exact) mass is 402 g/mol. The minimum absolute atomic E-state index is 0.700. The lowest BCUT2D eigenvalue weighted by Gasteiger charge is -2.17. The fourth-order valence-corrected chi connectivity index (χ4v) is 4.91. The summed E-state index contributed by atoms with van der Waals surface area (Å²) >= 11 is 0. The minimum Gasteiger partial charge on any atom is -0.494 e. The summed E-state index contributed by atoms with van der Waals surface area (Å²) in [6.45, 7) is 6.21. The Hall–Kier alpha value is -2.75. The van der Waals surface area contributed by atoms with Gasteiger partial charge in [0.2, 0.25) is 0 Å². The van der Waals surface area contributed by atoms with Gasteiger partial charge in [0.25, 0.3) is 5.82 Å². The number of fused-ring (bicyclic) bond motifs is 1. The van der Waals surface area contributed by atoms with Crippen LogP contribution in [0.2, 0.25) is 0 Å². The number of rotatable bonds is 5. The molecule has 3 heterocycles. The molecule has 30 heavy (non-hydrogen) atoms. The van der Waals surface area contributed by atoms with E-state index in [-0.39, 0.29) is 0 Å². The number of benzene rings is 2. The van der Waals surface area contributed by atoms with Crippen LogP contribution >= 0.6 is 0 Å². The fraction of sp³-hybridized carbons (Fsp3) is 0.423. The van der Waals surface area contributed by atoms with Crippen molar-refractivity contribution in [3.63, 3.8) is 0 Å². The number of hydrogen-bond acceptors (Lipinski definition) is 2. The molecule has 0 atom stereocenters. The van der Waals surface area contributed by atoms with Crippen LogP contribution in [0.25, 0.3) is 16.9 Å². The molecular weight excluding hydrogens is 370 g/mol. The highest BCUT2D eigenvalue weighted by Gasteiger charge is 2.27. The van der Waals surface area contributed by atoms with Gasteiger partial charge in [-0.3, -0.25) is 0 Å². The SMILES string of the molecule is CCOc1ccc(-n2cc(-c3ccc(N4CCCC4)cc3)[n+]3c2CCCCC3)cc1. The van der Waals surface area contributed by atoms with Crippen molar-refractivity contribution >= 4 is 5.69 Å². The highest BCUT2D eigenvalue weighted by molar-refractivity contribution is 5.61. The van der Waals surface area contributed by atoms with E-state index in [0.29, 0.717) is 6.61 Å². The summed E-state index contributed by atoms with van der Waals surface area (Å²) in [6.07, 6.45) is 9.91. The summed E-state index contributed by atoms with van der Waals surface area (Å²) in [5.74, 6) is 2.35. The van der Waals surface area contributed by atoms with E-state index in [4.69, 9.17) is 4.74 Å². The Bertz CT molecular complexity index is 982. The molecule has 5 rings (SSSR count). The van der Waals surface area contributed by atoms with E-state index < -0.39 is 0 Å². The van der Waals surface area contributed by atoms with Crippen LogP contribution in [-0.2, 0) is 13.0 Å². The van der Waals surface area contributed by atoms with E-state index in [1.807, 2.05) is 6.92 Å². The molecule has 0 aliphatic carbocycles. The summed E-state index contributed by atoms with van der Waals surface area (Å²) in [6, 6.07) is 17.7. The molecule has 0 radical (unpaired) electrons. The molecule has 0 unspecified atom stereocenters. The van der Waals surface area contributed by atoms with Crippen molar-refractivity contribution in [2.75, 3.05) is 24.6 Å². The first kappa shape index (κ1) is 19.2. The number of anilines is 1. The fourth-order valence-electron chi connectivity index (χ4n) is 4.91. The number of ether oxygens (including phenoxy) is 1. The zero-order valence-electron chi connectivity index (χ0n) is 18.0. The molecule has 2 aliphatic rings. The maximum atomic E-state index is 5.64. The first-order chi connectivity index (χ1) is 14.8. The van der Waals surface area contributed by atoms with Gasteiger partial charge in [0.05, 0.1) is 13.2 Å². The highest BCUT2D eigenvalue weighted by Crippen LogP contribution is 2.27. The second kappa shape index (κ2) is 8.55. The lowest BCUT2D eigenvalue weighted by atomic mass is 10.1. The molecule has 0 bridgehead atoms. The van der Waals surface area contributed by atoms with Crippen LogP contribution in [0.5, 0.6) is 5.75 Å². The van der Waals surface area contributed by atoms with E-state index in [1.165, 1.54) is 73.7 Å². The molecule has 156 valence electrons. The Morgan fingerprint density at radius 2 is 1.57 bits per heavy atom. The summed E-state index contributed by atoms with van der Waals surface area (Å²) in [4.78, 5) is 2.50. The first-order valence-electron chi connectivity index (χ1n) is 11.6. The van der Waals surface area contributed by atoms with Crippen LogP contribution in [0.15, 0.2) is 54.7 Å². The predicted molar refractivity (Wildman–Crippen MR) is 122 cm³/mol. The Balaban J connectivity index is 1.52. The third kappa shape index (κ3) is 3.71.